The molecule has 136 valence electrons. The molecule has 0 unspecified atom stereocenters. The predicted octanol–water partition coefficient (Wildman–Crippen LogP) is 6.10. The van der Waals surface area contributed by atoms with E-state index in [1.165, 1.54) is 11.3 Å². The van der Waals surface area contributed by atoms with Crippen molar-refractivity contribution in [2.24, 2.45) is 0 Å². The van der Waals surface area contributed by atoms with Crippen molar-refractivity contribution in [2.45, 2.75) is 4.21 Å². The van der Waals surface area contributed by atoms with Crippen LogP contribution in [0.25, 0.3) is 21.8 Å². The molecule has 0 saturated heterocycles. The summed E-state index contributed by atoms with van der Waals surface area (Å²) >= 11 is 6.03. The van der Waals surface area contributed by atoms with Gasteiger partial charge in [0.25, 0.3) is 10.0 Å². The number of benzene rings is 2. The summed E-state index contributed by atoms with van der Waals surface area (Å²) in [5, 5.41) is 2.91. The van der Waals surface area contributed by atoms with Gasteiger partial charge in [-0.05, 0) is 40.2 Å². The molecule has 2 aromatic heterocycles. The molecule has 8 heteroatoms. The van der Waals surface area contributed by atoms with Gasteiger partial charge in [-0.2, -0.15) is 0 Å². The molecule has 0 aliphatic heterocycles. The third-order valence-electron chi connectivity index (χ3n) is 3.75. The van der Waals surface area contributed by atoms with Crippen molar-refractivity contribution in [1.29, 1.82) is 0 Å². The summed E-state index contributed by atoms with van der Waals surface area (Å²) in [6.45, 7) is 0. The standard InChI is InChI=1S/C19H13BrN2O2S3/c20-17-9-10-18(26-17)27(23,24)22-15-8-4-7-14(11-15)16-12-25-19(21-16)13-5-2-1-3-6-13/h1-12,22H. The number of rotatable bonds is 5. The number of thiazole rings is 1. The number of halogens is 1. The van der Waals surface area contributed by atoms with E-state index in [-0.39, 0.29) is 4.21 Å². The fraction of sp³-hybridized carbons (Fsp3) is 0. The van der Waals surface area contributed by atoms with Crippen LogP contribution in [0.4, 0.5) is 5.69 Å². The van der Waals surface area contributed by atoms with E-state index in [9.17, 15) is 8.42 Å². The second-order valence-corrected chi connectivity index (χ2v) is 10.9. The van der Waals surface area contributed by atoms with Gasteiger partial charge >= 0.3 is 0 Å². The van der Waals surface area contributed by atoms with Gasteiger partial charge in [0.1, 0.15) is 9.22 Å². The van der Waals surface area contributed by atoms with Gasteiger partial charge in [-0.15, -0.1) is 22.7 Å². The molecule has 4 aromatic rings. The quantitative estimate of drug-likeness (QED) is 0.378. The Morgan fingerprint density at radius 3 is 2.44 bits per heavy atom. The zero-order valence-electron chi connectivity index (χ0n) is 13.8. The van der Waals surface area contributed by atoms with E-state index in [0.29, 0.717) is 5.69 Å². The van der Waals surface area contributed by atoms with Gasteiger partial charge in [0.15, 0.2) is 0 Å². The van der Waals surface area contributed by atoms with E-state index >= 15 is 0 Å². The van der Waals surface area contributed by atoms with Crippen molar-refractivity contribution in [3.63, 3.8) is 0 Å². The molecule has 0 radical (unpaired) electrons. The van der Waals surface area contributed by atoms with Gasteiger partial charge in [0, 0.05) is 22.2 Å². The largest absolute Gasteiger partial charge is 0.279 e. The molecule has 0 aliphatic rings. The van der Waals surface area contributed by atoms with Crippen molar-refractivity contribution in [3.8, 4) is 21.8 Å². The fourth-order valence-corrected chi connectivity index (χ4v) is 6.40. The molecule has 4 rings (SSSR count). The number of hydrogen-bond donors (Lipinski definition) is 1. The minimum atomic E-state index is -3.61. The molecule has 0 bridgehead atoms. The monoisotopic (exact) mass is 476 g/mol. The first kappa shape index (κ1) is 18.4. The van der Waals surface area contributed by atoms with Crippen LogP contribution in [-0.4, -0.2) is 13.4 Å². The summed E-state index contributed by atoms with van der Waals surface area (Å²) in [7, 11) is -3.61. The van der Waals surface area contributed by atoms with E-state index in [0.717, 1.165) is 25.6 Å². The van der Waals surface area contributed by atoms with Crippen LogP contribution in [0.1, 0.15) is 0 Å². The predicted molar refractivity (Wildman–Crippen MR) is 116 cm³/mol. The molecular formula is C19H13BrN2O2S3. The van der Waals surface area contributed by atoms with Crippen molar-refractivity contribution in [1.82, 2.24) is 4.98 Å². The lowest BCUT2D eigenvalue weighted by Gasteiger charge is -2.07. The lowest BCUT2D eigenvalue weighted by molar-refractivity contribution is 0.603. The Kier molecular flexibility index (Phi) is 5.14. The molecule has 2 aromatic carbocycles. The van der Waals surface area contributed by atoms with Crippen molar-refractivity contribution in [2.75, 3.05) is 4.72 Å². The number of nitrogens with one attached hydrogen (secondary N) is 1. The van der Waals surface area contributed by atoms with Gasteiger partial charge in [-0.1, -0.05) is 42.5 Å². The van der Waals surface area contributed by atoms with Crippen LogP contribution in [0.5, 0.6) is 0 Å². The maximum Gasteiger partial charge on any atom is 0.271 e. The fourth-order valence-electron chi connectivity index (χ4n) is 2.51. The second-order valence-electron chi connectivity index (χ2n) is 5.65. The summed E-state index contributed by atoms with van der Waals surface area (Å²) < 4.78 is 28.7. The molecule has 0 amide bonds. The van der Waals surface area contributed by atoms with Gasteiger partial charge in [0.2, 0.25) is 0 Å². The Labute approximate surface area is 173 Å². The number of sulfonamides is 1. The van der Waals surface area contributed by atoms with Crippen LogP contribution in [-0.2, 0) is 10.0 Å². The highest BCUT2D eigenvalue weighted by molar-refractivity contribution is 9.11. The Hall–Kier alpha value is -2.00. The highest BCUT2D eigenvalue weighted by atomic mass is 79.9. The highest BCUT2D eigenvalue weighted by Gasteiger charge is 2.17. The lowest BCUT2D eigenvalue weighted by Crippen LogP contribution is -2.11. The van der Waals surface area contributed by atoms with Gasteiger partial charge < -0.3 is 0 Å². The highest BCUT2D eigenvalue weighted by Crippen LogP contribution is 2.31. The second kappa shape index (κ2) is 7.55. The molecule has 4 nitrogen and oxygen atoms in total. The topological polar surface area (TPSA) is 59.1 Å². The third kappa shape index (κ3) is 4.14. The van der Waals surface area contributed by atoms with Crippen LogP contribution >= 0.6 is 38.6 Å². The molecule has 1 N–H and O–H groups in total. The summed E-state index contributed by atoms with van der Waals surface area (Å²) in [5.74, 6) is 0. The summed E-state index contributed by atoms with van der Waals surface area (Å²) in [6, 6.07) is 20.5. The molecule has 2 heterocycles. The van der Waals surface area contributed by atoms with Crippen LogP contribution in [0.2, 0.25) is 0 Å². The molecule has 0 saturated carbocycles. The first-order valence-corrected chi connectivity index (χ1v) is 11.9. The Morgan fingerprint density at radius 2 is 1.70 bits per heavy atom. The van der Waals surface area contributed by atoms with Gasteiger partial charge in [0.05, 0.1) is 9.48 Å². The summed E-state index contributed by atoms with van der Waals surface area (Å²) in [5.41, 5.74) is 3.25. The maximum atomic E-state index is 12.5. The Morgan fingerprint density at radius 1 is 0.926 bits per heavy atom. The average Bonchev–Trinajstić information content (AvgIpc) is 3.32. The van der Waals surface area contributed by atoms with Crippen LogP contribution < -0.4 is 4.72 Å². The number of nitrogens with zero attached hydrogens (tertiary/aromatic N) is 1. The molecule has 0 fully saturated rings. The maximum absolute atomic E-state index is 12.5. The SMILES string of the molecule is O=S(=O)(Nc1cccc(-c2csc(-c3ccccc3)n2)c1)c1ccc(Br)s1. The lowest BCUT2D eigenvalue weighted by atomic mass is 10.1. The average molecular weight is 477 g/mol. The van der Waals surface area contributed by atoms with Crippen molar-refractivity contribution in [3.05, 3.63) is 75.9 Å². The van der Waals surface area contributed by atoms with Crippen molar-refractivity contribution >= 4 is 54.3 Å². The third-order valence-corrected chi connectivity index (χ3v) is 8.14. The van der Waals surface area contributed by atoms with E-state index in [1.54, 1.807) is 35.6 Å². The van der Waals surface area contributed by atoms with E-state index in [1.807, 2.05) is 47.8 Å². The van der Waals surface area contributed by atoms with Crippen LogP contribution in [0.15, 0.2) is 80.1 Å². The van der Waals surface area contributed by atoms with Crippen LogP contribution in [0.3, 0.4) is 0 Å². The van der Waals surface area contributed by atoms with Crippen LogP contribution in [0, 0.1) is 0 Å². The number of hydrogen-bond acceptors (Lipinski definition) is 5. The summed E-state index contributed by atoms with van der Waals surface area (Å²) in [6.07, 6.45) is 0. The first-order valence-electron chi connectivity index (χ1n) is 7.91. The van der Waals surface area contributed by atoms with E-state index in [4.69, 9.17) is 0 Å². The van der Waals surface area contributed by atoms with E-state index < -0.39 is 10.0 Å². The Balaban J connectivity index is 1.61. The number of thiophene rings is 1. The van der Waals surface area contributed by atoms with Crippen molar-refractivity contribution < 1.29 is 8.42 Å². The van der Waals surface area contributed by atoms with E-state index in [2.05, 4.69) is 25.6 Å². The molecule has 0 atom stereocenters. The smallest absolute Gasteiger partial charge is 0.271 e. The first-order chi connectivity index (χ1) is 13.0. The normalized spacial score (nSPS) is 11.4. The molecule has 0 spiro atoms. The zero-order valence-corrected chi connectivity index (χ0v) is 17.8. The van der Waals surface area contributed by atoms with Gasteiger partial charge in [-0.3, -0.25) is 4.72 Å². The number of aromatic nitrogens is 1. The summed E-state index contributed by atoms with van der Waals surface area (Å²) in [4.78, 5) is 4.69. The minimum Gasteiger partial charge on any atom is -0.279 e. The molecule has 0 aliphatic carbocycles. The van der Waals surface area contributed by atoms with Gasteiger partial charge in [-0.25, -0.2) is 13.4 Å². The Bertz CT molecular complexity index is 1180. The molecular weight excluding hydrogens is 464 g/mol. The number of anilines is 1. The minimum absolute atomic E-state index is 0.264. The molecule has 27 heavy (non-hydrogen) atoms. The zero-order chi connectivity index (χ0) is 18.9.